The zero-order valence-electron chi connectivity index (χ0n) is 10.4. The summed E-state index contributed by atoms with van der Waals surface area (Å²) in [6, 6.07) is 7.83. The molecule has 98 valence electrons. The topological polar surface area (TPSA) is 35.5 Å². The van der Waals surface area contributed by atoms with Crippen LogP contribution in [-0.2, 0) is 9.53 Å². The van der Waals surface area contributed by atoms with Crippen LogP contribution in [0, 0.1) is 0 Å². The third-order valence-electron chi connectivity index (χ3n) is 2.25. The molecule has 0 radical (unpaired) electrons. The van der Waals surface area contributed by atoms with Gasteiger partial charge >= 0.3 is 5.97 Å². The molecule has 0 heterocycles. The number of carbonyl (C=O) groups excluding carboxylic acids is 1. The van der Waals surface area contributed by atoms with Crippen molar-refractivity contribution < 1.29 is 14.3 Å². The highest BCUT2D eigenvalue weighted by molar-refractivity contribution is 14.1. The quantitative estimate of drug-likeness (QED) is 0.421. The molecule has 0 fully saturated rings. The van der Waals surface area contributed by atoms with E-state index in [-0.39, 0.29) is 5.97 Å². The number of para-hydroxylation sites is 1. The highest BCUT2D eigenvalue weighted by Crippen LogP contribution is 2.20. The number of rotatable bonds is 7. The molecule has 0 amide bonds. The van der Waals surface area contributed by atoms with Crippen molar-refractivity contribution in [2.45, 2.75) is 19.8 Å². The molecule has 1 rings (SSSR count). The molecule has 3 nitrogen and oxygen atoms in total. The Labute approximate surface area is 121 Å². The number of esters is 1. The Balaban J connectivity index is 2.37. The van der Waals surface area contributed by atoms with Crippen LogP contribution in [0.4, 0.5) is 0 Å². The highest BCUT2D eigenvalue weighted by atomic mass is 127. The molecule has 0 aliphatic carbocycles. The molecule has 0 saturated heterocycles. The van der Waals surface area contributed by atoms with E-state index in [1.54, 1.807) is 6.92 Å². The van der Waals surface area contributed by atoms with E-state index in [0.717, 1.165) is 11.3 Å². The van der Waals surface area contributed by atoms with E-state index >= 15 is 0 Å². The van der Waals surface area contributed by atoms with Crippen LogP contribution in [-0.4, -0.2) is 19.2 Å². The van der Waals surface area contributed by atoms with Crippen LogP contribution in [0.25, 0.3) is 6.08 Å². The Hall–Kier alpha value is -1.04. The lowest BCUT2D eigenvalue weighted by molar-refractivity contribution is -0.143. The highest BCUT2D eigenvalue weighted by Gasteiger charge is 2.03. The minimum Gasteiger partial charge on any atom is -0.493 e. The summed E-state index contributed by atoms with van der Waals surface area (Å²) < 4.78 is 12.4. The van der Waals surface area contributed by atoms with Crippen LogP contribution < -0.4 is 4.74 Å². The molecule has 18 heavy (non-hydrogen) atoms. The van der Waals surface area contributed by atoms with Gasteiger partial charge in [-0.15, -0.1) is 0 Å². The van der Waals surface area contributed by atoms with Gasteiger partial charge in [0.1, 0.15) is 5.75 Å². The molecular formula is C14H17IO3. The minimum atomic E-state index is -0.165. The fourth-order valence-electron chi connectivity index (χ4n) is 1.45. The zero-order valence-corrected chi connectivity index (χ0v) is 12.6. The number of halogens is 1. The van der Waals surface area contributed by atoms with E-state index < -0.39 is 0 Å². The Morgan fingerprint density at radius 1 is 1.39 bits per heavy atom. The SMILES string of the molecule is CCOC(=O)CCCOc1ccccc1/C=C/I. The van der Waals surface area contributed by atoms with Gasteiger partial charge in [-0.3, -0.25) is 4.79 Å². The molecule has 0 spiro atoms. The Morgan fingerprint density at radius 2 is 2.17 bits per heavy atom. The first-order valence-corrected chi connectivity index (χ1v) is 7.16. The number of benzene rings is 1. The van der Waals surface area contributed by atoms with Gasteiger partial charge in [-0.25, -0.2) is 0 Å². The van der Waals surface area contributed by atoms with Crippen molar-refractivity contribution in [1.82, 2.24) is 0 Å². The normalized spacial score (nSPS) is 10.6. The summed E-state index contributed by atoms with van der Waals surface area (Å²) >= 11 is 2.17. The predicted molar refractivity (Wildman–Crippen MR) is 80.9 cm³/mol. The van der Waals surface area contributed by atoms with Crippen LogP contribution in [0.5, 0.6) is 5.75 Å². The van der Waals surface area contributed by atoms with Gasteiger partial charge in [0, 0.05) is 12.0 Å². The molecule has 1 aromatic rings. The smallest absolute Gasteiger partial charge is 0.305 e. The second-order valence-electron chi connectivity index (χ2n) is 3.59. The van der Waals surface area contributed by atoms with Gasteiger partial charge in [-0.1, -0.05) is 40.8 Å². The molecule has 0 saturated carbocycles. The van der Waals surface area contributed by atoms with Gasteiger partial charge in [0.25, 0.3) is 0 Å². The summed E-state index contributed by atoms with van der Waals surface area (Å²) in [5, 5.41) is 0. The summed E-state index contributed by atoms with van der Waals surface area (Å²) in [6.07, 6.45) is 3.06. The fraction of sp³-hybridized carbons (Fsp3) is 0.357. The fourth-order valence-corrected chi connectivity index (χ4v) is 1.84. The number of hydrogen-bond donors (Lipinski definition) is 0. The maximum absolute atomic E-state index is 11.1. The van der Waals surface area contributed by atoms with Crippen molar-refractivity contribution in [3.05, 3.63) is 33.9 Å². The molecule has 0 aliphatic heterocycles. The first-order chi connectivity index (χ1) is 8.77. The average molecular weight is 360 g/mol. The van der Waals surface area contributed by atoms with Crippen LogP contribution in [0.2, 0.25) is 0 Å². The lowest BCUT2D eigenvalue weighted by Gasteiger charge is -2.08. The molecule has 0 aliphatic rings. The van der Waals surface area contributed by atoms with E-state index in [1.165, 1.54) is 0 Å². The predicted octanol–water partition coefficient (Wildman–Crippen LogP) is 3.81. The Bertz CT molecular complexity index is 402. The first-order valence-electron chi connectivity index (χ1n) is 5.92. The van der Waals surface area contributed by atoms with Crippen molar-refractivity contribution >= 4 is 34.6 Å². The summed E-state index contributed by atoms with van der Waals surface area (Å²) in [6.45, 7) is 2.76. The molecule has 0 N–H and O–H groups in total. The maximum atomic E-state index is 11.1. The van der Waals surface area contributed by atoms with Gasteiger partial charge < -0.3 is 9.47 Å². The minimum absolute atomic E-state index is 0.165. The van der Waals surface area contributed by atoms with Crippen molar-refractivity contribution in [3.8, 4) is 5.75 Å². The van der Waals surface area contributed by atoms with E-state index in [9.17, 15) is 4.79 Å². The standard InChI is InChI=1S/C14H17IO3/c1-2-17-14(16)8-5-11-18-13-7-4-3-6-12(13)9-10-15/h3-4,6-7,9-10H,2,5,8,11H2,1H3/b10-9+. The van der Waals surface area contributed by atoms with Crippen molar-refractivity contribution in [1.29, 1.82) is 0 Å². The van der Waals surface area contributed by atoms with Crippen molar-refractivity contribution in [2.24, 2.45) is 0 Å². The summed E-state index contributed by atoms with van der Waals surface area (Å²) in [7, 11) is 0. The van der Waals surface area contributed by atoms with Gasteiger partial charge in [0.2, 0.25) is 0 Å². The molecule has 0 aromatic heterocycles. The van der Waals surface area contributed by atoms with Gasteiger partial charge in [0.05, 0.1) is 13.2 Å². The summed E-state index contributed by atoms with van der Waals surface area (Å²) in [4.78, 5) is 11.1. The van der Waals surface area contributed by atoms with Crippen LogP contribution >= 0.6 is 22.6 Å². The van der Waals surface area contributed by atoms with Crippen LogP contribution in [0.1, 0.15) is 25.3 Å². The molecule has 1 aromatic carbocycles. The van der Waals surface area contributed by atoms with Gasteiger partial charge in [-0.2, -0.15) is 0 Å². The van der Waals surface area contributed by atoms with Gasteiger partial charge in [-0.05, 0) is 29.6 Å². The Morgan fingerprint density at radius 3 is 2.89 bits per heavy atom. The monoisotopic (exact) mass is 360 g/mol. The third-order valence-corrected chi connectivity index (χ3v) is 2.61. The third kappa shape index (κ3) is 5.53. The molecule has 0 bridgehead atoms. The summed E-state index contributed by atoms with van der Waals surface area (Å²) in [5.74, 6) is 0.677. The second-order valence-corrected chi connectivity index (χ2v) is 4.31. The largest absolute Gasteiger partial charge is 0.493 e. The second kappa shape index (κ2) is 8.97. The lowest BCUT2D eigenvalue weighted by Crippen LogP contribution is -2.07. The van der Waals surface area contributed by atoms with Crippen LogP contribution in [0.3, 0.4) is 0 Å². The zero-order chi connectivity index (χ0) is 13.2. The first kappa shape index (κ1) is 15.0. The van der Waals surface area contributed by atoms with Crippen molar-refractivity contribution in [3.63, 3.8) is 0 Å². The van der Waals surface area contributed by atoms with Gasteiger partial charge in [0.15, 0.2) is 0 Å². The van der Waals surface area contributed by atoms with Crippen LogP contribution in [0.15, 0.2) is 28.3 Å². The molecule has 4 heteroatoms. The summed E-state index contributed by atoms with van der Waals surface area (Å²) in [5.41, 5.74) is 1.04. The van der Waals surface area contributed by atoms with Crippen molar-refractivity contribution in [2.75, 3.05) is 13.2 Å². The lowest BCUT2D eigenvalue weighted by atomic mass is 10.2. The maximum Gasteiger partial charge on any atom is 0.305 e. The molecule has 0 atom stereocenters. The Kier molecular flexibility index (Phi) is 7.48. The average Bonchev–Trinajstić information content (AvgIpc) is 2.37. The van der Waals surface area contributed by atoms with E-state index in [4.69, 9.17) is 9.47 Å². The van der Waals surface area contributed by atoms with E-state index in [0.29, 0.717) is 26.1 Å². The van der Waals surface area contributed by atoms with E-state index in [1.807, 2.05) is 34.4 Å². The number of carbonyl (C=O) groups is 1. The molecular weight excluding hydrogens is 343 g/mol. The van der Waals surface area contributed by atoms with E-state index in [2.05, 4.69) is 22.6 Å². The number of hydrogen-bond acceptors (Lipinski definition) is 3. The molecule has 0 unspecified atom stereocenters. The number of ether oxygens (including phenoxy) is 2.